The number of aromatic nitrogens is 2. The Morgan fingerprint density at radius 1 is 1.26 bits per heavy atom. The lowest BCUT2D eigenvalue weighted by Crippen LogP contribution is -2.46. The highest BCUT2D eigenvalue weighted by Gasteiger charge is 2.27. The van der Waals surface area contributed by atoms with Crippen LogP contribution in [-0.2, 0) is 16.6 Å². The van der Waals surface area contributed by atoms with Crippen molar-refractivity contribution in [2.45, 2.75) is 36.6 Å². The molecule has 4 rings (SSSR count). The predicted molar refractivity (Wildman–Crippen MR) is 113 cm³/mol. The molecule has 3 aromatic rings. The molecular formula is C20H22N4O5S2. The lowest BCUT2D eigenvalue weighted by atomic mass is 10.0. The summed E-state index contributed by atoms with van der Waals surface area (Å²) in [5, 5.41) is 5.50. The summed E-state index contributed by atoms with van der Waals surface area (Å²) in [6, 6.07) is 9.99. The number of piperidine rings is 1. The third kappa shape index (κ3) is 5.30. The van der Waals surface area contributed by atoms with Crippen molar-refractivity contribution in [3.8, 4) is 5.75 Å². The van der Waals surface area contributed by atoms with Crippen molar-refractivity contribution in [2.24, 2.45) is 0 Å². The summed E-state index contributed by atoms with van der Waals surface area (Å²) in [4.78, 5) is 18.6. The Morgan fingerprint density at radius 3 is 2.61 bits per heavy atom. The van der Waals surface area contributed by atoms with Crippen LogP contribution >= 0.6 is 11.3 Å². The van der Waals surface area contributed by atoms with Gasteiger partial charge in [-0.1, -0.05) is 11.2 Å². The second-order valence-electron chi connectivity index (χ2n) is 7.16. The molecule has 0 radical (unpaired) electrons. The Balaban J connectivity index is 1.28. The molecule has 3 heterocycles. The van der Waals surface area contributed by atoms with Gasteiger partial charge in [0.2, 0.25) is 21.7 Å². The van der Waals surface area contributed by atoms with Crippen LogP contribution in [0.4, 0.5) is 0 Å². The highest BCUT2D eigenvalue weighted by molar-refractivity contribution is 7.91. The molecule has 1 aliphatic rings. The summed E-state index contributed by atoms with van der Waals surface area (Å²) < 4.78 is 38.3. The fraction of sp³-hybridized carbons (Fsp3) is 0.350. The van der Waals surface area contributed by atoms with Gasteiger partial charge in [0.15, 0.2) is 6.61 Å². The molecule has 1 aliphatic heterocycles. The zero-order valence-electron chi connectivity index (χ0n) is 16.9. The first-order chi connectivity index (χ1) is 14.9. The van der Waals surface area contributed by atoms with Crippen LogP contribution in [0.25, 0.3) is 0 Å². The van der Waals surface area contributed by atoms with E-state index in [9.17, 15) is 13.2 Å². The van der Waals surface area contributed by atoms with Gasteiger partial charge in [0.25, 0.3) is 5.91 Å². The van der Waals surface area contributed by atoms with E-state index in [1.807, 2.05) is 0 Å². The minimum absolute atomic E-state index is 0.0834. The maximum atomic E-state index is 12.8. The van der Waals surface area contributed by atoms with Gasteiger partial charge in [0, 0.05) is 31.6 Å². The van der Waals surface area contributed by atoms with E-state index < -0.39 is 10.0 Å². The van der Waals surface area contributed by atoms with E-state index in [0.717, 1.165) is 0 Å². The molecule has 0 bridgehead atoms. The molecule has 31 heavy (non-hydrogen) atoms. The molecule has 164 valence electrons. The Hall–Kier alpha value is -2.76. The number of nitrogens with one attached hydrogen (secondary N) is 1. The number of sulfonamides is 1. The molecule has 1 amide bonds. The van der Waals surface area contributed by atoms with E-state index in [2.05, 4.69) is 14.9 Å². The number of thiophene rings is 1. The van der Waals surface area contributed by atoms with Crippen LogP contribution in [0.5, 0.6) is 5.75 Å². The molecule has 1 saturated heterocycles. The summed E-state index contributed by atoms with van der Waals surface area (Å²) in [5.41, 5.74) is 0.556. The molecule has 11 heteroatoms. The average Bonchev–Trinajstić information content (AvgIpc) is 3.45. The maximum Gasteiger partial charge on any atom is 0.253 e. The van der Waals surface area contributed by atoms with Crippen LogP contribution in [0.2, 0.25) is 0 Å². The number of hydrogen-bond donors (Lipinski definition) is 1. The molecule has 9 nitrogen and oxygen atoms in total. The van der Waals surface area contributed by atoms with Gasteiger partial charge < -0.3 is 14.2 Å². The minimum atomic E-state index is -3.50. The number of rotatable bonds is 7. The minimum Gasteiger partial charge on any atom is -0.485 e. The van der Waals surface area contributed by atoms with E-state index in [-0.39, 0.29) is 18.6 Å². The van der Waals surface area contributed by atoms with Crippen LogP contribution in [0.1, 0.15) is 34.9 Å². The highest BCUT2D eigenvalue weighted by atomic mass is 32.2. The topological polar surface area (TPSA) is 115 Å². The van der Waals surface area contributed by atoms with Crippen LogP contribution in [0.3, 0.4) is 0 Å². The SMILES string of the molecule is Cc1nc(COc2ccc(C(=O)N3CCC(NS(=O)(=O)c4cccs4)CC3)cc2)no1. The number of aryl methyl sites for hydroxylation is 1. The monoisotopic (exact) mass is 462 g/mol. The normalized spacial score (nSPS) is 15.2. The first-order valence-corrected chi connectivity index (χ1v) is 12.1. The second-order valence-corrected chi connectivity index (χ2v) is 10.1. The van der Waals surface area contributed by atoms with E-state index in [4.69, 9.17) is 9.26 Å². The van der Waals surface area contributed by atoms with Gasteiger partial charge in [0.05, 0.1) is 0 Å². The van der Waals surface area contributed by atoms with Crippen molar-refractivity contribution in [3.05, 3.63) is 59.1 Å². The fourth-order valence-electron chi connectivity index (χ4n) is 3.32. The summed E-state index contributed by atoms with van der Waals surface area (Å²) >= 11 is 1.19. The third-order valence-electron chi connectivity index (χ3n) is 4.90. The Bertz CT molecular complexity index is 1120. The fourth-order valence-corrected chi connectivity index (χ4v) is 5.63. The molecule has 0 atom stereocenters. The predicted octanol–water partition coefficient (Wildman–Crippen LogP) is 2.60. The first-order valence-electron chi connectivity index (χ1n) is 9.78. The number of ether oxygens (including phenoxy) is 1. The van der Waals surface area contributed by atoms with Gasteiger partial charge >= 0.3 is 0 Å². The van der Waals surface area contributed by atoms with Crippen molar-refractivity contribution in [1.82, 2.24) is 19.8 Å². The summed E-state index contributed by atoms with van der Waals surface area (Å²) in [6.45, 7) is 2.87. The standard InChI is InChI=1S/C20H22N4O5S2/c1-14-21-18(22-29-14)13-28-17-6-4-15(5-7-17)20(25)24-10-8-16(9-11-24)23-31(26,27)19-3-2-12-30-19/h2-7,12,16,23H,8-11,13H2,1H3. The average molecular weight is 463 g/mol. The quantitative estimate of drug-likeness (QED) is 0.574. The van der Waals surface area contributed by atoms with E-state index in [1.54, 1.807) is 53.6 Å². The smallest absolute Gasteiger partial charge is 0.253 e. The number of carbonyl (C=O) groups is 1. The summed E-state index contributed by atoms with van der Waals surface area (Å²) in [7, 11) is -3.50. The van der Waals surface area contributed by atoms with Crippen LogP contribution in [0.15, 0.2) is 50.5 Å². The van der Waals surface area contributed by atoms with Gasteiger partial charge in [0.1, 0.15) is 9.96 Å². The molecule has 0 unspecified atom stereocenters. The first kappa shape index (κ1) is 21.5. The maximum absolute atomic E-state index is 12.8. The molecule has 0 saturated carbocycles. The lowest BCUT2D eigenvalue weighted by Gasteiger charge is -2.32. The lowest BCUT2D eigenvalue weighted by molar-refractivity contribution is 0.0711. The second kappa shape index (κ2) is 9.16. The summed E-state index contributed by atoms with van der Waals surface area (Å²) in [5.74, 6) is 1.44. The molecular weight excluding hydrogens is 440 g/mol. The van der Waals surface area contributed by atoms with Gasteiger partial charge in [-0.15, -0.1) is 11.3 Å². The van der Waals surface area contributed by atoms with Crippen molar-refractivity contribution in [1.29, 1.82) is 0 Å². The molecule has 2 aromatic heterocycles. The molecule has 1 aromatic carbocycles. The van der Waals surface area contributed by atoms with Gasteiger partial charge in [-0.25, -0.2) is 13.1 Å². The molecule has 0 aliphatic carbocycles. The molecule has 1 N–H and O–H groups in total. The number of benzene rings is 1. The van der Waals surface area contributed by atoms with E-state index >= 15 is 0 Å². The van der Waals surface area contributed by atoms with Crippen LogP contribution < -0.4 is 9.46 Å². The molecule has 0 spiro atoms. The number of amides is 1. The summed E-state index contributed by atoms with van der Waals surface area (Å²) in [6.07, 6.45) is 1.14. The molecule has 1 fully saturated rings. The van der Waals surface area contributed by atoms with Crippen molar-refractivity contribution >= 4 is 27.3 Å². The zero-order valence-corrected chi connectivity index (χ0v) is 18.5. The Kier molecular flexibility index (Phi) is 6.35. The Labute approximate surface area is 184 Å². The Morgan fingerprint density at radius 2 is 2.00 bits per heavy atom. The van der Waals surface area contributed by atoms with Crippen molar-refractivity contribution in [3.63, 3.8) is 0 Å². The third-order valence-corrected chi connectivity index (χ3v) is 7.82. The highest BCUT2D eigenvalue weighted by Crippen LogP contribution is 2.21. The van der Waals surface area contributed by atoms with Crippen LogP contribution in [0, 0.1) is 6.92 Å². The van der Waals surface area contributed by atoms with Crippen molar-refractivity contribution < 1.29 is 22.5 Å². The number of carbonyl (C=O) groups excluding carboxylic acids is 1. The van der Waals surface area contributed by atoms with Gasteiger partial charge in [-0.3, -0.25) is 4.79 Å². The number of hydrogen-bond acceptors (Lipinski definition) is 8. The zero-order chi connectivity index (χ0) is 21.8. The van der Waals surface area contributed by atoms with Crippen molar-refractivity contribution in [2.75, 3.05) is 13.1 Å². The van der Waals surface area contributed by atoms with E-state index in [1.165, 1.54) is 11.3 Å². The van der Waals surface area contributed by atoms with Gasteiger partial charge in [-0.05, 0) is 48.6 Å². The van der Waals surface area contributed by atoms with Gasteiger partial charge in [-0.2, -0.15) is 4.98 Å². The van der Waals surface area contributed by atoms with Crippen LogP contribution in [-0.4, -0.2) is 48.5 Å². The number of nitrogens with zero attached hydrogens (tertiary/aromatic N) is 3. The largest absolute Gasteiger partial charge is 0.485 e. The number of likely N-dealkylation sites (tertiary alicyclic amines) is 1. The van der Waals surface area contributed by atoms with E-state index in [0.29, 0.717) is 53.2 Å².